The van der Waals surface area contributed by atoms with Crippen LogP contribution in [0.15, 0.2) is 24.3 Å². The van der Waals surface area contributed by atoms with Crippen molar-refractivity contribution in [3.05, 3.63) is 40.4 Å². The number of amides is 1. The highest BCUT2D eigenvalue weighted by Gasteiger charge is 2.08. The van der Waals surface area contributed by atoms with Gasteiger partial charge in [-0.25, -0.2) is 0 Å². The number of benzene rings is 1. The zero-order valence-corrected chi connectivity index (χ0v) is 15.5. The van der Waals surface area contributed by atoms with Crippen LogP contribution < -0.4 is 5.32 Å². The summed E-state index contributed by atoms with van der Waals surface area (Å²) in [6.45, 7) is 4.12. The summed E-state index contributed by atoms with van der Waals surface area (Å²) in [7, 11) is 0. The highest BCUT2D eigenvalue weighted by Crippen LogP contribution is 2.16. The maximum Gasteiger partial charge on any atom is 0.257 e. The fraction of sp³-hybridized carbons (Fsp3) is 0.526. The van der Waals surface area contributed by atoms with Gasteiger partial charge in [0.25, 0.3) is 5.91 Å². The molecule has 0 fully saturated rings. The van der Waals surface area contributed by atoms with Crippen molar-refractivity contribution in [3.8, 4) is 0 Å². The van der Waals surface area contributed by atoms with E-state index in [1.54, 1.807) is 0 Å². The van der Waals surface area contributed by atoms with E-state index in [-0.39, 0.29) is 5.91 Å². The van der Waals surface area contributed by atoms with E-state index in [9.17, 15) is 4.79 Å². The first kappa shape index (κ1) is 18.6. The van der Waals surface area contributed by atoms with E-state index >= 15 is 0 Å². The number of anilines is 1. The van der Waals surface area contributed by atoms with Gasteiger partial charge in [-0.05, 0) is 37.5 Å². The summed E-state index contributed by atoms with van der Waals surface area (Å²) in [5.41, 5.74) is 1.96. The van der Waals surface area contributed by atoms with Crippen LogP contribution in [0.3, 0.4) is 0 Å². The smallest absolute Gasteiger partial charge is 0.257 e. The minimum absolute atomic E-state index is 0.131. The molecular weight excluding hydrogens is 318 g/mol. The monoisotopic (exact) mass is 345 g/mol. The fourth-order valence-electron chi connectivity index (χ4n) is 2.63. The van der Waals surface area contributed by atoms with Gasteiger partial charge in [-0.15, -0.1) is 10.2 Å². The lowest BCUT2D eigenvalue weighted by Gasteiger charge is -2.05. The molecule has 0 spiro atoms. The van der Waals surface area contributed by atoms with Gasteiger partial charge in [-0.2, -0.15) is 0 Å². The third-order valence-electron chi connectivity index (χ3n) is 4.03. The Kier molecular flexibility index (Phi) is 7.89. The van der Waals surface area contributed by atoms with Crippen LogP contribution >= 0.6 is 11.3 Å². The van der Waals surface area contributed by atoms with E-state index in [1.807, 2.05) is 19.1 Å². The quantitative estimate of drug-likeness (QED) is 0.587. The molecule has 130 valence electrons. The van der Waals surface area contributed by atoms with Gasteiger partial charge < -0.3 is 0 Å². The lowest BCUT2D eigenvalue weighted by molar-refractivity contribution is 0.102. The fourth-order valence-corrected chi connectivity index (χ4v) is 3.21. The molecule has 0 atom stereocenters. The molecule has 0 radical (unpaired) electrons. The highest BCUT2D eigenvalue weighted by molar-refractivity contribution is 7.15. The Morgan fingerprint density at radius 3 is 2.29 bits per heavy atom. The van der Waals surface area contributed by atoms with E-state index in [4.69, 9.17) is 0 Å². The van der Waals surface area contributed by atoms with Crippen LogP contribution in [0.4, 0.5) is 5.13 Å². The summed E-state index contributed by atoms with van der Waals surface area (Å²) >= 11 is 1.38. The molecule has 1 amide bonds. The molecular formula is C19H27N3OS. The van der Waals surface area contributed by atoms with Gasteiger partial charge in [0.1, 0.15) is 5.01 Å². The van der Waals surface area contributed by atoms with E-state index in [1.165, 1.54) is 61.8 Å². The maximum atomic E-state index is 12.1. The largest absolute Gasteiger partial charge is 0.296 e. The highest BCUT2D eigenvalue weighted by atomic mass is 32.1. The molecule has 2 aromatic rings. The van der Waals surface area contributed by atoms with Gasteiger partial charge in [0, 0.05) is 5.56 Å². The van der Waals surface area contributed by atoms with Crippen molar-refractivity contribution in [2.75, 3.05) is 5.32 Å². The van der Waals surface area contributed by atoms with Crippen LogP contribution in [0.5, 0.6) is 0 Å². The van der Waals surface area contributed by atoms with Gasteiger partial charge in [0.05, 0.1) is 0 Å². The normalized spacial score (nSPS) is 10.8. The van der Waals surface area contributed by atoms with Gasteiger partial charge in [-0.3, -0.25) is 10.1 Å². The van der Waals surface area contributed by atoms with Gasteiger partial charge in [0.15, 0.2) is 0 Å². The average molecular weight is 346 g/mol. The topological polar surface area (TPSA) is 54.9 Å². The Morgan fingerprint density at radius 2 is 1.67 bits per heavy atom. The van der Waals surface area contributed by atoms with Crippen molar-refractivity contribution in [3.63, 3.8) is 0 Å². The summed E-state index contributed by atoms with van der Waals surface area (Å²) in [4.78, 5) is 12.1. The van der Waals surface area contributed by atoms with Crippen LogP contribution in [0.2, 0.25) is 0 Å². The number of unbranched alkanes of at least 4 members (excludes halogenated alkanes) is 6. The molecule has 0 aliphatic carbocycles. The predicted molar refractivity (Wildman–Crippen MR) is 101 cm³/mol. The van der Waals surface area contributed by atoms with Crippen molar-refractivity contribution < 1.29 is 4.79 Å². The van der Waals surface area contributed by atoms with Crippen LogP contribution in [0.25, 0.3) is 0 Å². The Hall–Kier alpha value is -1.75. The summed E-state index contributed by atoms with van der Waals surface area (Å²) < 4.78 is 0. The molecule has 0 unspecified atom stereocenters. The number of aryl methyl sites for hydroxylation is 2. The zero-order chi connectivity index (χ0) is 17.2. The average Bonchev–Trinajstić information content (AvgIpc) is 2.99. The van der Waals surface area contributed by atoms with Crippen LogP contribution in [0.1, 0.15) is 72.8 Å². The first-order valence-electron chi connectivity index (χ1n) is 8.89. The first-order chi connectivity index (χ1) is 11.7. The molecule has 0 saturated heterocycles. The first-order valence-corrected chi connectivity index (χ1v) is 9.71. The molecule has 1 aromatic heterocycles. The van der Waals surface area contributed by atoms with Crippen molar-refractivity contribution in [2.45, 2.75) is 65.2 Å². The minimum Gasteiger partial charge on any atom is -0.296 e. The Labute approximate surface area is 148 Å². The summed E-state index contributed by atoms with van der Waals surface area (Å²) in [6.07, 6.45) is 10.3. The zero-order valence-electron chi connectivity index (χ0n) is 14.7. The molecule has 0 aliphatic heterocycles. The van der Waals surface area contributed by atoms with Crippen molar-refractivity contribution in [1.29, 1.82) is 0 Å². The van der Waals surface area contributed by atoms with E-state index < -0.39 is 0 Å². The lowest BCUT2D eigenvalue weighted by Crippen LogP contribution is -2.11. The van der Waals surface area contributed by atoms with Crippen molar-refractivity contribution >= 4 is 22.4 Å². The number of nitrogens with one attached hydrogen (secondary N) is 1. The second kappa shape index (κ2) is 10.2. The second-order valence-corrected chi connectivity index (χ2v) is 7.33. The van der Waals surface area contributed by atoms with E-state index in [0.717, 1.165) is 11.4 Å². The minimum atomic E-state index is -0.131. The third kappa shape index (κ3) is 6.40. The Morgan fingerprint density at radius 1 is 1.00 bits per heavy atom. The van der Waals surface area contributed by atoms with Gasteiger partial charge >= 0.3 is 0 Å². The van der Waals surface area contributed by atoms with Crippen LogP contribution in [-0.4, -0.2) is 16.1 Å². The van der Waals surface area contributed by atoms with Gasteiger partial charge in [0.2, 0.25) is 5.13 Å². The molecule has 2 rings (SSSR count). The van der Waals surface area contributed by atoms with Crippen molar-refractivity contribution in [1.82, 2.24) is 10.2 Å². The summed E-state index contributed by atoms with van der Waals surface area (Å²) in [5, 5.41) is 12.0. The summed E-state index contributed by atoms with van der Waals surface area (Å²) in [5.74, 6) is -0.131. The SMILES string of the molecule is CCCCCCCCCc1ccc(C(=O)Nc2nnc(C)s2)cc1. The molecule has 1 heterocycles. The molecule has 1 aromatic carbocycles. The number of rotatable bonds is 10. The molecule has 1 N–H and O–H groups in total. The molecule has 24 heavy (non-hydrogen) atoms. The predicted octanol–water partition coefficient (Wildman–Crippen LogP) is 5.39. The lowest BCUT2D eigenvalue weighted by atomic mass is 10.0. The third-order valence-corrected chi connectivity index (χ3v) is 4.79. The van der Waals surface area contributed by atoms with Crippen molar-refractivity contribution in [2.24, 2.45) is 0 Å². The number of carbonyl (C=O) groups excluding carboxylic acids is 1. The number of aromatic nitrogens is 2. The van der Waals surface area contributed by atoms with Crippen LogP contribution in [-0.2, 0) is 6.42 Å². The number of hydrogen-bond acceptors (Lipinski definition) is 4. The number of hydrogen-bond donors (Lipinski definition) is 1. The molecule has 0 saturated carbocycles. The van der Waals surface area contributed by atoms with Gasteiger partial charge in [-0.1, -0.05) is 68.9 Å². The van der Waals surface area contributed by atoms with Crippen LogP contribution in [0, 0.1) is 6.92 Å². The summed E-state index contributed by atoms with van der Waals surface area (Å²) in [6, 6.07) is 7.88. The number of carbonyl (C=O) groups is 1. The molecule has 0 bridgehead atoms. The molecule has 0 aliphatic rings. The standard InChI is InChI=1S/C19H27N3OS/c1-3-4-5-6-7-8-9-10-16-11-13-17(14-12-16)18(23)20-19-22-21-15(2)24-19/h11-14H,3-10H2,1-2H3,(H,20,22,23). The molecule has 4 nitrogen and oxygen atoms in total. The Bertz CT molecular complexity index is 622. The van der Waals surface area contributed by atoms with E-state index in [2.05, 4.69) is 34.6 Å². The molecule has 5 heteroatoms. The van der Waals surface area contributed by atoms with E-state index in [0.29, 0.717) is 10.7 Å². The maximum absolute atomic E-state index is 12.1. The Balaban J connectivity index is 1.71. The second-order valence-electron chi connectivity index (χ2n) is 6.15. The number of nitrogens with zero attached hydrogens (tertiary/aromatic N) is 2.